The highest BCUT2D eigenvalue weighted by molar-refractivity contribution is 8.19. The predicted molar refractivity (Wildman–Crippen MR) is 171 cm³/mol. The van der Waals surface area contributed by atoms with Gasteiger partial charge in [-0.1, -0.05) is 48.2 Å². The molecule has 0 radical (unpaired) electrons. The Morgan fingerprint density at radius 2 is 1.86 bits per heavy atom. The van der Waals surface area contributed by atoms with Gasteiger partial charge in [0.1, 0.15) is 4.91 Å². The van der Waals surface area contributed by atoms with Crippen molar-refractivity contribution in [3.8, 4) is 6.07 Å². The minimum atomic E-state index is -0.0669. The van der Waals surface area contributed by atoms with Crippen LogP contribution in [-0.4, -0.2) is 67.3 Å². The fraction of sp³-hybridized carbons (Fsp3) is 0.281. The summed E-state index contributed by atoms with van der Waals surface area (Å²) in [5.74, 6) is -0.0669. The van der Waals surface area contributed by atoms with E-state index in [4.69, 9.17) is 9.73 Å². The van der Waals surface area contributed by atoms with Gasteiger partial charge < -0.3 is 15.0 Å². The first-order valence-corrected chi connectivity index (χ1v) is 15.6. The minimum Gasteiger partial charge on any atom is -0.384 e. The van der Waals surface area contributed by atoms with Gasteiger partial charge >= 0.3 is 0 Å². The van der Waals surface area contributed by atoms with Gasteiger partial charge in [0.2, 0.25) is 0 Å². The molecule has 214 valence electrons. The van der Waals surface area contributed by atoms with Gasteiger partial charge in [0.05, 0.1) is 47.8 Å². The molecule has 6 rings (SSSR count). The van der Waals surface area contributed by atoms with E-state index in [2.05, 4.69) is 39.4 Å². The number of rotatable bonds is 7. The lowest BCUT2D eigenvalue weighted by molar-refractivity contribution is -0.122. The van der Waals surface area contributed by atoms with Gasteiger partial charge in [0.25, 0.3) is 5.91 Å². The fourth-order valence-electron chi connectivity index (χ4n) is 5.07. The first-order valence-electron chi connectivity index (χ1n) is 14.0. The monoisotopic (exact) mass is 596 g/mol. The quantitative estimate of drug-likeness (QED) is 0.344. The second-order valence-corrected chi connectivity index (χ2v) is 12.4. The van der Waals surface area contributed by atoms with Crippen LogP contribution in [0.2, 0.25) is 0 Å². The summed E-state index contributed by atoms with van der Waals surface area (Å²) in [5.41, 5.74) is 5.34. The average Bonchev–Trinajstić information content (AvgIpc) is 3.50. The molecule has 3 aromatic carbocycles. The van der Waals surface area contributed by atoms with Crippen LogP contribution in [0.25, 0.3) is 0 Å². The van der Waals surface area contributed by atoms with Gasteiger partial charge in [-0.15, -0.1) is 0 Å². The number of nitrogens with zero attached hydrogens (tertiary/aromatic N) is 5. The molecule has 0 unspecified atom stereocenters. The maximum atomic E-state index is 14.0. The fourth-order valence-corrected chi connectivity index (χ4v) is 7.38. The van der Waals surface area contributed by atoms with Gasteiger partial charge in [0, 0.05) is 43.8 Å². The van der Waals surface area contributed by atoms with Gasteiger partial charge in [-0.2, -0.15) is 5.26 Å². The zero-order valence-electron chi connectivity index (χ0n) is 23.7. The number of nitriles is 1. The van der Waals surface area contributed by atoms with E-state index in [1.54, 1.807) is 28.8 Å². The number of anilines is 2. The van der Waals surface area contributed by atoms with E-state index in [0.717, 1.165) is 71.8 Å². The molecule has 0 atom stereocenters. The number of nitrogens with one attached hydrogen (secondary N) is 1. The Hall–Kier alpha value is -3.75. The molecule has 0 bridgehead atoms. The third-order valence-corrected chi connectivity index (χ3v) is 9.92. The summed E-state index contributed by atoms with van der Waals surface area (Å²) in [5, 5.41) is 14.5. The molecule has 3 aromatic rings. The summed E-state index contributed by atoms with van der Waals surface area (Å²) < 4.78 is 5.45. The molecule has 2 fully saturated rings. The molecule has 1 amide bonds. The Balaban J connectivity index is 1.27. The highest BCUT2D eigenvalue weighted by Gasteiger charge is 2.39. The third-order valence-electron chi connectivity index (χ3n) is 7.49. The van der Waals surface area contributed by atoms with Crippen LogP contribution in [0.4, 0.5) is 17.1 Å². The summed E-state index contributed by atoms with van der Waals surface area (Å²) in [6.45, 7) is 7.77. The molecule has 3 heterocycles. The molecule has 0 aliphatic carbocycles. The molecular weight excluding hydrogens is 565 g/mol. The summed E-state index contributed by atoms with van der Waals surface area (Å²) in [4.78, 5) is 27.0. The van der Waals surface area contributed by atoms with E-state index >= 15 is 0 Å². The Morgan fingerprint density at radius 3 is 2.64 bits per heavy atom. The topological polar surface area (TPSA) is 84.2 Å². The smallest absolute Gasteiger partial charge is 0.269 e. The van der Waals surface area contributed by atoms with E-state index in [-0.39, 0.29) is 5.91 Å². The van der Waals surface area contributed by atoms with Gasteiger partial charge in [0.15, 0.2) is 5.17 Å². The molecule has 42 heavy (non-hydrogen) atoms. The number of morpholine rings is 1. The number of aliphatic imine (C=N–C) groups is 1. The number of benzene rings is 3. The summed E-state index contributed by atoms with van der Waals surface area (Å²) in [7, 11) is 2.02. The molecule has 3 aliphatic heterocycles. The molecule has 8 nitrogen and oxygen atoms in total. The van der Waals surface area contributed by atoms with E-state index in [0.29, 0.717) is 27.9 Å². The average molecular weight is 597 g/mol. The molecule has 0 saturated carbocycles. The van der Waals surface area contributed by atoms with Crippen molar-refractivity contribution < 1.29 is 9.53 Å². The van der Waals surface area contributed by atoms with Crippen LogP contribution < -0.4 is 10.2 Å². The van der Waals surface area contributed by atoms with Crippen LogP contribution >= 0.6 is 23.5 Å². The lowest BCUT2D eigenvalue weighted by Crippen LogP contribution is -2.39. The number of aryl methyl sites for hydroxylation is 1. The lowest BCUT2D eigenvalue weighted by atomic mass is 10.1. The number of amidine groups is 1. The summed E-state index contributed by atoms with van der Waals surface area (Å²) in [6, 6.07) is 24.0. The van der Waals surface area contributed by atoms with E-state index in [9.17, 15) is 10.1 Å². The van der Waals surface area contributed by atoms with Crippen molar-refractivity contribution in [2.75, 3.05) is 56.7 Å². The second-order valence-electron chi connectivity index (χ2n) is 10.3. The van der Waals surface area contributed by atoms with Crippen molar-refractivity contribution >= 4 is 51.7 Å². The zero-order valence-corrected chi connectivity index (χ0v) is 25.3. The van der Waals surface area contributed by atoms with Crippen molar-refractivity contribution in [3.05, 3.63) is 93.4 Å². The van der Waals surface area contributed by atoms with E-state index in [1.807, 2.05) is 50.4 Å². The van der Waals surface area contributed by atoms with Crippen molar-refractivity contribution in [3.63, 3.8) is 0 Å². The Bertz CT molecular complexity index is 1590. The molecule has 1 N–H and O–H groups in total. The third kappa shape index (κ3) is 6.05. The van der Waals surface area contributed by atoms with Crippen molar-refractivity contribution in [1.82, 2.24) is 9.80 Å². The van der Waals surface area contributed by atoms with Crippen LogP contribution in [0.1, 0.15) is 16.7 Å². The highest BCUT2D eigenvalue weighted by atomic mass is 32.2. The number of hydrogen-bond acceptors (Lipinski definition) is 9. The number of thioether (sulfide) groups is 2. The zero-order chi connectivity index (χ0) is 29.1. The number of amides is 1. The Kier molecular flexibility index (Phi) is 8.53. The molecule has 3 aliphatic rings. The number of carbonyl (C=O) groups excluding carboxylic acids is 1. The Morgan fingerprint density at radius 1 is 1.05 bits per heavy atom. The van der Waals surface area contributed by atoms with Crippen molar-refractivity contribution in [1.29, 1.82) is 5.26 Å². The van der Waals surface area contributed by atoms with Crippen LogP contribution in [0.5, 0.6) is 0 Å². The predicted octanol–water partition coefficient (Wildman–Crippen LogP) is 5.79. The minimum absolute atomic E-state index is 0.0669. The van der Waals surface area contributed by atoms with Crippen LogP contribution in [0.15, 0.2) is 86.6 Å². The molecule has 10 heteroatoms. The second kappa shape index (κ2) is 12.6. The molecule has 2 saturated heterocycles. The van der Waals surface area contributed by atoms with E-state index in [1.165, 1.54) is 11.8 Å². The first kappa shape index (κ1) is 28.4. The summed E-state index contributed by atoms with van der Waals surface area (Å²) in [6.07, 6.45) is 0. The summed E-state index contributed by atoms with van der Waals surface area (Å²) >= 11 is 3.01. The van der Waals surface area contributed by atoms with Crippen molar-refractivity contribution in [2.45, 2.75) is 18.4 Å². The number of ether oxygens (including phenoxy) is 1. The van der Waals surface area contributed by atoms with Gasteiger partial charge in [-0.3, -0.25) is 14.6 Å². The number of hydrogen-bond donors (Lipinski definition) is 1. The first-order chi connectivity index (χ1) is 20.5. The maximum Gasteiger partial charge on any atom is 0.269 e. The lowest BCUT2D eigenvalue weighted by Gasteiger charge is -2.26. The number of fused-ring (bicyclic) bond motifs is 1. The largest absolute Gasteiger partial charge is 0.384 e. The highest BCUT2D eigenvalue weighted by Crippen LogP contribution is 2.51. The van der Waals surface area contributed by atoms with Crippen LogP contribution in [0.3, 0.4) is 0 Å². The van der Waals surface area contributed by atoms with Gasteiger partial charge in [-0.25, -0.2) is 4.99 Å². The number of carbonyl (C=O) groups is 1. The van der Waals surface area contributed by atoms with Crippen molar-refractivity contribution in [2.24, 2.45) is 4.99 Å². The molecule has 0 spiro atoms. The Labute approximate surface area is 255 Å². The molecule has 0 aromatic heterocycles. The van der Waals surface area contributed by atoms with Crippen LogP contribution in [-0.2, 0) is 16.1 Å². The maximum absolute atomic E-state index is 14.0. The normalized spacial score (nSPS) is 19.8. The molecular formula is C32H32N6O2S2. The van der Waals surface area contributed by atoms with Gasteiger partial charge in [-0.05, 0) is 60.1 Å². The van der Waals surface area contributed by atoms with E-state index < -0.39 is 0 Å². The standard InChI is InChI=1S/C32H32N6O2S2/c1-22-8-9-24(20-33)18-26(22)35-32-38(21-23-6-4-3-5-7-23)30(39)29(42-32)31-36(2)27-19-25(10-11-28(27)41-31)34-12-13-37-14-16-40-17-15-37/h3-11,18-19,34H,12-17,21H2,1-2H3/b31-29-,35-32?. The SMILES string of the molecule is Cc1ccc(C#N)cc1N=C1S/C(=C2\Sc3ccc(NCCN4CCOCC4)cc3N2C)C(=O)N1Cc1ccccc1. The van der Waals surface area contributed by atoms with Crippen LogP contribution in [0, 0.1) is 18.3 Å².